The molecule has 0 spiro atoms. The highest BCUT2D eigenvalue weighted by Crippen LogP contribution is 2.34. The van der Waals surface area contributed by atoms with Gasteiger partial charge in [-0.25, -0.2) is 14.2 Å². The van der Waals surface area contributed by atoms with Gasteiger partial charge in [-0.1, -0.05) is 12.1 Å². The Kier molecular flexibility index (Phi) is 7.97. The van der Waals surface area contributed by atoms with Crippen molar-refractivity contribution in [2.45, 2.75) is 25.4 Å². The summed E-state index contributed by atoms with van der Waals surface area (Å²) in [5.74, 6) is -4.64. The molecule has 0 aliphatic heterocycles. The summed E-state index contributed by atoms with van der Waals surface area (Å²) in [5, 5.41) is 23.3. The predicted octanol–water partition coefficient (Wildman–Crippen LogP) is 2.45. The number of hydrogen-bond acceptors (Lipinski definition) is 8. The number of rotatable bonds is 11. The number of ether oxygens (including phenoxy) is 2. The van der Waals surface area contributed by atoms with Gasteiger partial charge in [-0.3, -0.25) is 14.6 Å². The number of para-hydroxylation sites is 2. The first-order valence-corrected chi connectivity index (χ1v) is 10.4. The third-order valence-electron chi connectivity index (χ3n) is 5.07. The van der Waals surface area contributed by atoms with Gasteiger partial charge in [-0.05, 0) is 24.6 Å². The molecule has 0 aliphatic rings. The number of fused-ring (bicyclic) bond motifs is 1. The van der Waals surface area contributed by atoms with E-state index in [9.17, 15) is 19.5 Å². The van der Waals surface area contributed by atoms with Gasteiger partial charge >= 0.3 is 11.9 Å². The smallest absolute Gasteiger partial charge is 0.326 e. The molecule has 0 bridgehead atoms. The van der Waals surface area contributed by atoms with E-state index >= 15 is 4.39 Å². The first-order valence-electron chi connectivity index (χ1n) is 10.4. The number of carbonyl (C=O) groups is 3. The molecule has 12 heteroatoms. The summed E-state index contributed by atoms with van der Waals surface area (Å²) in [6.07, 6.45) is 0.653. The summed E-state index contributed by atoms with van der Waals surface area (Å²) in [6, 6.07) is 7.01. The lowest BCUT2D eigenvalue weighted by molar-refractivity contribution is -0.140. The molecule has 3 aromatic rings. The number of carbonyl (C=O) groups excluding carboxylic acids is 1. The number of aliphatic carboxylic acids is 2. The molecular weight excluding hydrogens is 463 g/mol. The average Bonchev–Trinajstić information content (AvgIpc) is 2.84. The Morgan fingerprint density at radius 1 is 1.11 bits per heavy atom. The van der Waals surface area contributed by atoms with Crippen molar-refractivity contribution in [3.05, 3.63) is 53.5 Å². The van der Waals surface area contributed by atoms with Gasteiger partial charge in [0.05, 0.1) is 31.4 Å². The van der Waals surface area contributed by atoms with Gasteiger partial charge in [0.2, 0.25) is 0 Å². The molecule has 0 saturated heterocycles. The zero-order valence-corrected chi connectivity index (χ0v) is 18.9. The molecule has 2 aromatic carbocycles. The van der Waals surface area contributed by atoms with E-state index in [1.165, 1.54) is 19.4 Å². The van der Waals surface area contributed by atoms with Gasteiger partial charge in [0.15, 0.2) is 11.6 Å². The van der Waals surface area contributed by atoms with E-state index in [1.54, 1.807) is 6.07 Å². The second-order valence-electron chi connectivity index (χ2n) is 7.35. The molecule has 1 aromatic heterocycles. The van der Waals surface area contributed by atoms with E-state index in [-0.39, 0.29) is 29.8 Å². The van der Waals surface area contributed by atoms with Crippen LogP contribution in [0.1, 0.15) is 28.8 Å². The molecule has 0 fully saturated rings. The van der Waals surface area contributed by atoms with E-state index < -0.39 is 41.9 Å². The first-order chi connectivity index (χ1) is 16.7. The van der Waals surface area contributed by atoms with Gasteiger partial charge in [0.25, 0.3) is 5.91 Å². The number of anilines is 1. The van der Waals surface area contributed by atoms with Crippen molar-refractivity contribution in [2.24, 2.45) is 0 Å². The predicted molar refractivity (Wildman–Crippen MR) is 122 cm³/mol. The number of carboxylic acids is 2. The highest BCUT2D eigenvalue weighted by Gasteiger charge is 2.29. The Hall–Kier alpha value is -4.48. The lowest BCUT2D eigenvalue weighted by Gasteiger charge is -2.19. The average molecular weight is 486 g/mol. The zero-order valence-electron chi connectivity index (χ0n) is 18.9. The van der Waals surface area contributed by atoms with Crippen molar-refractivity contribution < 1.29 is 38.5 Å². The SMILES string of the molecule is COc1cc(CNc2cnc3ccccc3n2)c(F)c(OC)c1C(=O)NC(CCC(=O)O)C(=O)O. The summed E-state index contributed by atoms with van der Waals surface area (Å²) in [6.45, 7) is -0.0518. The van der Waals surface area contributed by atoms with Crippen LogP contribution in [0, 0.1) is 5.82 Å². The van der Waals surface area contributed by atoms with E-state index in [0.717, 1.165) is 7.11 Å². The van der Waals surface area contributed by atoms with Gasteiger partial charge in [-0.2, -0.15) is 0 Å². The molecule has 0 aliphatic carbocycles. The Morgan fingerprint density at radius 2 is 1.83 bits per heavy atom. The molecule has 11 nitrogen and oxygen atoms in total. The molecule has 4 N–H and O–H groups in total. The monoisotopic (exact) mass is 486 g/mol. The van der Waals surface area contributed by atoms with E-state index in [1.807, 2.05) is 18.2 Å². The highest BCUT2D eigenvalue weighted by molar-refractivity contribution is 6.01. The summed E-state index contributed by atoms with van der Waals surface area (Å²) in [5.41, 5.74) is 1.08. The second kappa shape index (κ2) is 11.1. The van der Waals surface area contributed by atoms with Crippen molar-refractivity contribution in [1.29, 1.82) is 0 Å². The lowest BCUT2D eigenvalue weighted by Crippen LogP contribution is -2.41. The minimum Gasteiger partial charge on any atom is -0.496 e. The third kappa shape index (κ3) is 5.91. The highest BCUT2D eigenvalue weighted by atomic mass is 19.1. The number of halogens is 1. The topological polar surface area (TPSA) is 160 Å². The normalized spacial score (nSPS) is 11.5. The number of benzene rings is 2. The minimum absolute atomic E-state index is 0.0518. The fourth-order valence-corrected chi connectivity index (χ4v) is 3.34. The van der Waals surface area contributed by atoms with Crippen LogP contribution in [0.15, 0.2) is 36.5 Å². The molecule has 184 valence electrons. The Morgan fingerprint density at radius 3 is 2.46 bits per heavy atom. The van der Waals surface area contributed by atoms with E-state index in [0.29, 0.717) is 16.9 Å². The second-order valence-corrected chi connectivity index (χ2v) is 7.35. The van der Waals surface area contributed by atoms with Crippen LogP contribution in [0.4, 0.5) is 10.2 Å². The van der Waals surface area contributed by atoms with Crippen LogP contribution in [0.2, 0.25) is 0 Å². The number of amides is 1. The maximum atomic E-state index is 15.3. The van der Waals surface area contributed by atoms with Gasteiger partial charge < -0.3 is 30.3 Å². The molecular formula is C23H23FN4O7. The largest absolute Gasteiger partial charge is 0.496 e. The van der Waals surface area contributed by atoms with Crippen molar-refractivity contribution in [3.63, 3.8) is 0 Å². The van der Waals surface area contributed by atoms with Crippen LogP contribution in [0.25, 0.3) is 11.0 Å². The maximum Gasteiger partial charge on any atom is 0.326 e. The molecule has 1 atom stereocenters. The van der Waals surface area contributed by atoms with Crippen LogP contribution >= 0.6 is 0 Å². The van der Waals surface area contributed by atoms with Gasteiger partial charge in [-0.15, -0.1) is 0 Å². The standard InChI is InChI=1S/C23H23FN4O7/c1-34-16-9-12(10-26-17-11-25-13-5-3-4-6-14(13)27-17)20(24)21(35-2)19(16)22(31)28-15(23(32)33)7-8-18(29)30/h3-6,9,11,15H,7-8,10H2,1-2H3,(H,26,27)(H,28,31)(H,29,30)(H,32,33). The van der Waals surface area contributed by atoms with Gasteiger partial charge in [0.1, 0.15) is 23.2 Å². The molecule has 0 radical (unpaired) electrons. The van der Waals surface area contributed by atoms with Crippen molar-refractivity contribution >= 4 is 34.7 Å². The Bertz CT molecular complexity index is 1270. The van der Waals surface area contributed by atoms with Crippen LogP contribution in [0.5, 0.6) is 11.5 Å². The van der Waals surface area contributed by atoms with Crippen LogP contribution < -0.4 is 20.1 Å². The Labute approximate surface area is 198 Å². The fourth-order valence-electron chi connectivity index (χ4n) is 3.34. The quantitative estimate of drug-likeness (QED) is 0.317. The summed E-state index contributed by atoms with van der Waals surface area (Å²) in [4.78, 5) is 43.8. The number of nitrogens with one attached hydrogen (secondary N) is 2. The third-order valence-corrected chi connectivity index (χ3v) is 5.07. The molecule has 1 heterocycles. The zero-order chi connectivity index (χ0) is 25.5. The number of carboxylic acid groups (broad SMARTS) is 2. The summed E-state index contributed by atoms with van der Waals surface area (Å²) < 4.78 is 25.7. The lowest BCUT2D eigenvalue weighted by atomic mass is 10.0. The van der Waals surface area contributed by atoms with Crippen LogP contribution in [-0.2, 0) is 16.1 Å². The molecule has 3 rings (SSSR count). The number of nitrogens with zero attached hydrogens (tertiary/aromatic N) is 2. The summed E-state index contributed by atoms with van der Waals surface area (Å²) in [7, 11) is 2.41. The van der Waals surface area contributed by atoms with Crippen LogP contribution in [-0.4, -0.2) is 58.3 Å². The Balaban J connectivity index is 1.87. The first kappa shape index (κ1) is 25.1. The molecule has 1 amide bonds. The fraction of sp³-hybridized carbons (Fsp3) is 0.261. The number of methoxy groups -OCH3 is 2. The molecule has 1 unspecified atom stereocenters. The van der Waals surface area contributed by atoms with E-state index in [2.05, 4.69) is 20.6 Å². The maximum absolute atomic E-state index is 15.3. The van der Waals surface area contributed by atoms with Crippen molar-refractivity contribution in [2.75, 3.05) is 19.5 Å². The van der Waals surface area contributed by atoms with Crippen molar-refractivity contribution in [1.82, 2.24) is 15.3 Å². The number of hydrogen-bond donors (Lipinski definition) is 4. The van der Waals surface area contributed by atoms with Crippen molar-refractivity contribution in [3.8, 4) is 11.5 Å². The summed E-state index contributed by atoms with van der Waals surface area (Å²) >= 11 is 0. The minimum atomic E-state index is -1.51. The molecule has 35 heavy (non-hydrogen) atoms. The van der Waals surface area contributed by atoms with Crippen LogP contribution in [0.3, 0.4) is 0 Å². The molecule has 0 saturated carbocycles. The van der Waals surface area contributed by atoms with Gasteiger partial charge in [0, 0.05) is 18.5 Å². The number of aromatic nitrogens is 2. The van der Waals surface area contributed by atoms with E-state index in [4.69, 9.17) is 14.6 Å².